The molecule has 0 saturated heterocycles. The minimum Gasteiger partial charge on any atom is -0.461 e. The maximum Gasteiger partial charge on any atom is 0.407 e. The van der Waals surface area contributed by atoms with E-state index in [1.165, 1.54) is 6.07 Å². The van der Waals surface area contributed by atoms with Crippen molar-refractivity contribution in [3.8, 4) is 0 Å². The fraction of sp³-hybridized carbons (Fsp3) is 0.562. The van der Waals surface area contributed by atoms with E-state index in [1.54, 1.807) is 45.5 Å². The third-order valence-electron chi connectivity index (χ3n) is 2.79. The van der Waals surface area contributed by atoms with Crippen LogP contribution in [0.2, 0.25) is 0 Å². The van der Waals surface area contributed by atoms with Crippen LogP contribution in [0.3, 0.4) is 0 Å². The van der Waals surface area contributed by atoms with Crippen LogP contribution in [0.5, 0.6) is 0 Å². The van der Waals surface area contributed by atoms with E-state index in [-0.39, 0.29) is 25.5 Å². The summed E-state index contributed by atoms with van der Waals surface area (Å²) in [4.78, 5) is 35.0. The zero-order valence-corrected chi connectivity index (χ0v) is 14.8. The van der Waals surface area contributed by atoms with E-state index in [0.717, 1.165) is 0 Å². The Morgan fingerprint density at radius 3 is 2.50 bits per heavy atom. The zero-order valence-electron chi connectivity index (χ0n) is 14.8. The molecular weight excluding hydrogens is 314 g/mol. The topological polar surface area (TPSA) is 98.7 Å². The van der Waals surface area contributed by atoms with E-state index < -0.39 is 17.7 Å². The number of carbonyl (C=O) groups is 3. The SMILES string of the molecule is CCOC(=O)c1cc(NC(=O)CCNC(=O)OC(C)(C)C)cn1C. The van der Waals surface area contributed by atoms with Crippen molar-refractivity contribution in [2.24, 2.45) is 7.05 Å². The summed E-state index contributed by atoms with van der Waals surface area (Å²) in [5.41, 5.74) is 0.252. The van der Waals surface area contributed by atoms with Gasteiger partial charge in [-0.15, -0.1) is 0 Å². The first-order valence-corrected chi connectivity index (χ1v) is 7.72. The van der Waals surface area contributed by atoms with Crippen LogP contribution in [-0.2, 0) is 21.3 Å². The Balaban J connectivity index is 2.44. The predicted octanol–water partition coefficient (Wildman–Crippen LogP) is 2.06. The standard InChI is InChI=1S/C16H25N3O5/c1-6-23-14(21)12-9-11(10-19(12)5)18-13(20)7-8-17-15(22)24-16(2,3)4/h9-10H,6-8H2,1-5H3,(H,17,22)(H,18,20). The highest BCUT2D eigenvalue weighted by Gasteiger charge is 2.16. The van der Waals surface area contributed by atoms with E-state index in [2.05, 4.69) is 10.6 Å². The summed E-state index contributed by atoms with van der Waals surface area (Å²) in [5, 5.41) is 5.17. The van der Waals surface area contributed by atoms with Gasteiger partial charge in [0.25, 0.3) is 0 Å². The van der Waals surface area contributed by atoms with E-state index in [0.29, 0.717) is 11.4 Å². The molecule has 1 aromatic rings. The van der Waals surface area contributed by atoms with E-state index >= 15 is 0 Å². The Hall–Kier alpha value is -2.51. The molecule has 0 unspecified atom stereocenters. The van der Waals surface area contributed by atoms with Crippen LogP contribution in [-0.4, -0.2) is 41.3 Å². The number of hydrogen-bond acceptors (Lipinski definition) is 5. The van der Waals surface area contributed by atoms with Crippen molar-refractivity contribution in [2.75, 3.05) is 18.5 Å². The lowest BCUT2D eigenvalue weighted by Crippen LogP contribution is -2.34. The van der Waals surface area contributed by atoms with Gasteiger partial charge in [-0.1, -0.05) is 0 Å². The molecule has 1 aromatic heterocycles. The molecule has 0 atom stereocenters. The summed E-state index contributed by atoms with van der Waals surface area (Å²) in [6.45, 7) is 7.43. The molecule has 2 N–H and O–H groups in total. The van der Waals surface area contributed by atoms with E-state index in [4.69, 9.17) is 9.47 Å². The average Bonchev–Trinajstić information content (AvgIpc) is 2.77. The zero-order chi connectivity index (χ0) is 18.3. The third-order valence-corrected chi connectivity index (χ3v) is 2.79. The molecule has 24 heavy (non-hydrogen) atoms. The smallest absolute Gasteiger partial charge is 0.407 e. The second kappa shape index (κ2) is 8.37. The predicted molar refractivity (Wildman–Crippen MR) is 88.9 cm³/mol. The summed E-state index contributed by atoms with van der Waals surface area (Å²) >= 11 is 0. The highest BCUT2D eigenvalue weighted by atomic mass is 16.6. The van der Waals surface area contributed by atoms with Crippen LogP contribution in [0.25, 0.3) is 0 Å². The second-order valence-corrected chi connectivity index (χ2v) is 6.17. The normalized spacial score (nSPS) is 10.9. The summed E-state index contributed by atoms with van der Waals surface area (Å²) in [6, 6.07) is 1.54. The van der Waals surface area contributed by atoms with Crippen molar-refractivity contribution < 1.29 is 23.9 Å². The summed E-state index contributed by atoms with van der Waals surface area (Å²) < 4.78 is 11.6. The van der Waals surface area contributed by atoms with Gasteiger partial charge < -0.3 is 24.7 Å². The summed E-state index contributed by atoms with van der Waals surface area (Å²) in [6.07, 6.45) is 1.13. The minimum absolute atomic E-state index is 0.0862. The van der Waals surface area contributed by atoms with Gasteiger partial charge in [0.1, 0.15) is 11.3 Å². The molecule has 2 amide bonds. The minimum atomic E-state index is -0.583. The number of esters is 1. The van der Waals surface area contributed by atoms with Crippen LogP contribution in [0.4, 0.5) is 10.5 Å². The number of anilines is 1. The molecule has 0 bridgehead atoms. The second-order valence-electron chi connectivity index (χ2n) is 6.17. The average molecular weight is 339 g/mol. The molecule has 1 heterocycles. The molecular formula is C16H25N3O5. The maximum atomic E-state index is 11.9. The Morgan fingerprint density at radius 2 is 1.92 bits per heavy atom. The fourth-order valence-corrected chi connectivity index (χ4v) is 1.86. The first kappa shape index (κ1) is 19.5. The highest BCUT2D eigenvalue weighted by molar-refractivity contribution is 5.94. The summed E-state index contributed by atoms with van der Waals surface area (Å²) in [5.74, 6) is -0.737. The monoisotopic (exact) mass is 339 g/mol. The largest absolute Gasteiger partial charge is 0.461 e. The number of amides is 2. The van der Waals surface area contributed by atoms with Crippen molar-refractivity contribution >= 4 is 23.7 Å². The van der Waals surface area contributed by atoms with Crippen molar-refractivity contribution in [2.45, 2.75) is 39.7 Å². The van der Waals surface area contributed by atoms with Gasteiger partial charge in [-0.25, -0.2) is 9.59 Å². The lowest BCUT2D eigenvalue weighted by Gasteiger charge is -2.19. The van der Waals surface area contributed by atoms with Gasteiger partial charge in [0.2, 0.25) is 5.91 Å². The van der Waals surface area contributed by atoms with E-state index in [1.807, 2.05) is 0 Å². The number of alkyl carbamates (subject to hydrolysis) is 1. The molecule has 0 aliphatic rings. The molecule has 0 aliphatic heterocycles. The first-order chi connectivity index (χ1) is 11.1. The Kier molecular flexibility index (Phi) is 6.82. The van der Waals surface area contributed by atoms with E-state index in [9.17, 15) is 14.4 Å². The maximum absolute atomic E-state index is 11.9. The Labute approximate surface area is 141 Å². The van der Waals surface area contributed by atoms with Crippen molar-refractivity contribution in [3.63, 3.8) is 0 Å². The van der Waals surface area contributed by atoms with Gasteiger partial charge >= 0.3 is 12.1 Å². The molecule has 8 heteroatoms. The number of aromatic nitrogens is 1. The van der Waals surface area contributed by atoms with Gasteiger partial charge in [0, 0.05) is 26.2 Å². The van der Waals surface area contributed by atoms with Crippen molar-refractivity contribution in [3.05, 3.63) is 18.0 Å². The van der Waals surface area contributed by atoms with Gasteiger partial charge in [-0.3, -0.25) is 4.79 Å². The van der Waals surface area contributed by atoms with Gasteiger partial charge in [0.05, 0.1) is 12.3 Å². The Bertz CT molecular complexity index is 601. The van der Waals surface area contributed by atoms with Crippen molar-refractivity contribution in [1.82, 2.24) is 9.88 Å². The number of aryl methyl sites for hydroxylation is 1. The van der Waals surface area contributed by atoms with Crippen LogP contribution in [0, 0.1) is 0 Å². The number of hydrogen-bond donors (Lipinski definition) is 2. The van der Waals surface area contributed by atoms with Crippen LogP contribution in [0.15, 0.2) is 12.3 Å². The summed E-state index contributed by atoms with van der Waals surface area (Å²) in [7, 11) is 1.69. The number of rotatable bonds is 6. The van der Waals surface area contributed by atoms with Gasteiger partial charge in [0.15, 0.2) is 0 Å². The number of nitrogens with one attached hydrogen (secondary N) is 2. The van der Waals surface area contributed by atoms with Crippen LogP contribution in [0.1, 0.15) is 44.6 Å². The molecule has 0 radical (unpaired) electrons. The van der Waals surface area contributed by atoms with Gasteiger partial charge in [-0.05, 0) is 33.8 Å². The number of nitrogens with zero attached hydrogens (tertiary/aromatic N) is 1. The van der Waals surface area contributed by atoms with Crippen molar-refractivity contribution in [1.29, 1.82) is 0 Å². The van der Waals surface area contributed by atoms with Crippen LogP contribution < -0.4 is 10.6 Å². The quantitative estimate of drug-likeness (QED) is 0.773. The fourth-order valence-electron chi connectivity index (χ4n) is 1.86. The molecule has 0 aromatic carbocycles. The molecule has 0 fully saturated rings. The Morgan fingerprint density at radius 1 is 1.25 bits per heavy atom. The first-order valence-electron chi connectivity index (χ1n) is 7.72. The molecule has 0 saturated carbocycles. The molecule has 0 aliphatic carbocycles. The number of carbonyl (C=O) groups excluding carboxylic acids is 3. The lowest BCUT2D eigenvalue weighted by molar-refractivity contribution is -0.116. The van der Waals surface area contributed by atoms with Gasteiger partial charge in [-0.2, -0.15) is 0 Å². The molecule has 134 valence electrons. The molecule has 8 nitrogen and oxygen atoms in total. The molecule has 1 rings (SSSR count). The van der Waals surface area contributed by atoms with Crippen LogP contribution >= 0.6 is 0 Å². The third kappa shape index (κ3) is 6.72. The molecule has 0 spiro atoms. The lowest BCUT2D eigenvalue weighted by atomic mass is 10.2. The number of ether oxygens (including phenoxy) is 2. The highest BCUT2D eigenvalue weighted by Crippen LogP contribution is 2.14.